The highest BCUT2D eigenvalue weighted by atomic mass is 35.5. The summed E-state index contributed by atoms with van der Waals surface area (Å²) in [5, 5.41) is 8.60. The van der Waals surface area contributed by atoms with E-state index in [9.17, 15) is 9.59 Å². The summed E-state index contributed by atoms with van der Waals surface area (Å²) in [5.41, 5.74) is 2.01. The van der Waals surface area contributed by atoms with Gasteiger partial charge in [-0.15, -0.1) is 0 Å². The molecule has 0 saturated heterocycles. The number of hydrogen-bond acceptors (Lipinski definition) is 3. The molecular formula is C17H18ClN3O3. The average Bonchev–Trinajstić information content (AvgIpc) is 2.56. The molecule has 0 heterocycles. The number of halogens is 1. The Morgan fingerprint density at radius 1 is 1.00 bits per heavy atom. The van der Waals surface area contributed by atoms with Crippen LogP contribution in [-0.2, 0) is 11.3 Å². The first-order chi connectivity index (χ1) is 11.6. The Labute approximate surface area is 145 Å². The average molecular weight is 348 g/mol. The fourth-order valence-corrected chi connectivity index (χ4v) is 2.12. The first-order valence-corrected chi connectivity index (χ1v) is 7.78. The third-order valence-electron chi connectivity index (χ3n) is 3.06. The summed E-state index contributed by atoms with van der Waals surface area (Å²) in [6.07, 6.45) is -0.518. The van der Waals surface area contributed by atoms with Crippen LogP contribution in [0.1, 0.15) is 12.5 Å². The van der Waals surface area contributed by atoms with E-state index in [2.05, 4.69) is 16.0 Å². The number of ether oxygens (including phenoxy) is 1. The van der Waals surface area contributed by atoms with Crippen LogP contribution in [0.15, 0.2) is 48.5 Å². The van der Waals surface area contributed by atoms with E-state index in [-0.39, 0.29) is 6.03 Å². The number of carbonyl (C=O) groups is 2. The Morgan fingerprint density at radius 3 is 2.25 bits per heavy atom. The van der Waals surface area contributed by atoms with E-state index in [0.717, 1.165) is 5.56 Å². The SMILES string of the molecule is CCOC(=O)Nc1ccc(NC(=O)NCc2ccccc2Cl)cc1. The molecule has 0 spiro atoms. The number of anilines is 2. The van der Waals surface area contributed by atoms with Crippen LogP contribution >= 0.6 is 11.6 Å². The molecule has 2 aromatic rings. The molecular weight excluding hydrogens is 330 g/mol. The van der Waals surface area contributed by atoms with Gasteiger partial charge in [0.15, 0.2) is 0 Å². The van der Waals surface area contributed by atoms with Gasteiger partial charge in [0.05, 0.1) is 6.61 Å². The van der Waals surface area contributed by atoms with E-state index < -0.39 is 6.09 Å². The zero-order valence-electron chi connectivity index (χ0n) is 13.1. The lowest BCUT2D eigenvalue weighted by molar-refractivity contribution is 0.168. The van der Waals surface area contributed by atoms with Crippen LogP contribution in [0.3, 0.4) is 0 Å². The second-order valence-corrected chi connectivity index (χ2v) is 5.23. The van der Waals surface area contributed by atoms with Gasteiger partial charge in [0, 0.05) is 22.9 Å². The topological polar surface area (TPSA) is 79.5 Å². The summed E-state index contributed by atoms with van der Waals surface area (Å²) in [6, 6.07) is 13.6. The van der Waals surface area contributed by atoms with Gasteiger partial charge in [-0.2, -0.15) is 0 Å². The van der Waals surface area contributed by atoms with Gasteiger partial charge in [0.1, 0.15) is 0 Å². The van der Waals surface area contributed by atoms with Crippen molar-refractivity contribution in [1.82, 2.24) is 5.32 Å². The Balaban J connectivity index is 1.83. The van der Waals surface area contributed by atoms with Crippen molar-refractivity contribution in [1.29, 1.82) is 0 Å². The molecule has 0 aliphatic rings. The summed E-state index contributed by atoms with van der Waals surface area (Å²) in [6.45, 7) is 2.36. The molecule has 7 heteroatoms. The maximum Gasteiger partial charge on any atom is 0.411 e. The van der Waals surface area contributed by atoms with E-state index in [4.69, 9.17) is 16.3 Å². The quantitative estimate of drug-likeness (QED) is 0.757. The molecule has 0 saturated carbocycles. The Hall–Kier alpha value is -2.73. The summed E-state index contributed by atoms with van der Waals surface area (Å²) in [7, 11) is 0. The highest BCUT2D eigenvalue weighted by Crippen LogP contribution is 2.15. The molecule has 0 bridgehead atoms. The molecule has 0 aromatic heterocycles. The van der Waals surface area contributed by atoms with Crippen molar-refractivity contribution in [2.24, 2.45) is 0 Å². The Morgan fingerprint density at radius 2 is 1.62 bits per heavy atom. The highest BCUT2D eigenvalue weighted by molar-refractivity contribution is 6.31. The predicted octanol–water partition coefficient (Wildman–Crippen LogP) is 4.23. The van der Waals surface area contributed by atoms with Gasteiger partial charge in [0.25, 0.3) is 0 Å². The number of carbonyl (C=O) groups excluding carboxylic acids is 2. The molecule has 0 unspecified atom stereocenters. The molecule has 0 fully saturated rings. The molecule has 3 N–H and O–H groups in total. The van der Waals surface area contributed by atoms with E-state index in [1.54, 1.807) is 37.3 Å². The maximum atomic E-state index is 11.9. The van der Waals surface area contributed by atoms with E-state index in [0.29, 0.717) is 29.5 Å². The zero-order valence-corrected chi connectivity index (χ0v) is 13.9. The lowest BCUT2D eigenvalue weighted by atomic mass is 10.2. The summed E-state index contributed by atoms with van der Waals surface area (Å²) < 4.78 is 4.78. The van der Waals surface area contributed by atoms with Crippen LogP contribution in [0, 0.1) is 0 Å². The lowest BCUT2D eigenvalue weighted by Gasteiger charge is -2.10. The summed E-state index contributed by atoms with van der Waals surface area (Å²) >= 11 is 6.03. The van der Waals surface area contributed by atoms with Crippen molar-refractivity contribution < 1.29 is 14.3 Å². The predicted molar refractivity (Wildman–Crippen MR) is 94.4 cm³/mol. The van der Waals surface area contributed by atoms with E-state index in [1.165, 1.54) is 0 Å². The lowest BCUT2D eigenvalue weighted by Crippen LogP contribution is -2.28. The third kappa shape index (κ3) is 5.48. The molecule has 0 atom stereocenters. The molecule has 24 heavy (non-hydrogen) atoms. The number of nitrogens with one attached hydrogen (secondary N) is 3. The maximum absolute atomic E-state index is 11.9. The third-order valence-corrected chi connectivity index (χ3v) is 3.43. The fourth-order valence-electron chi connectivity index (χ4n) is 1.91. The van der Waals surface area contributed by atoms with Crippen molar-refractivity contribution in [3.63, 3.8) is 0 Å². The minimum Gasteiger partial charge on any atom is -0.450 e. The van der Waals surface area contributed by atoms with Gasteiger partial charge in [0.2, 0.25) is 0 Å². The zero-order chi connectivity index (χ0) is 17.4. The normalized spacial score (nSPS) is 9.92. The number of benzene rings is 2. The minimum absolute atomic E-state index is 0.303. The van der Waals surface area contributed by atoms with Crippen LogP contribution < -0.4 is 16.0 Å². The first-order valence-electron chi connectivity index (χ1n) is 7.40. The van der Waals surface area contributed by atoms with Gasteiger partial charge >= 0.3 is 12.1 Å². The molecule has 0 aliphatic carbocycles. The van der Waals surface area contributed by atoms with Crippen LogP contribution in [-0.4, -0.2) is 18.7 Å². The molecule has 0 radical (unpaired) electrons. The van der Waals surface area contributed by atoms with E-state index in [1.807, 2.05) is 18.2 Å². The Kier molecular flexibility index (Phi) is 6.45. The fraction of sp³-hybridized carbons (Fsp3) is 0.176. The van der Waals surface area contributed by atoms with Crippen molar-refractivity contribution in [2.75, 3.05) is 17.2 Å². The van der Waals surface area contributed by atoms with E-state index >= 15 is 0 Å². The molecule has 126 valence electrons. The van der Waals surface area contributed by atoms with Gasteiger partial charge in [-0.3, -0.25) is 5.32 Å². The second kappa shape index (κ2) is 8.79. The molecule has 0 aliphatic heterocycles. The Bertz CT molecular complexity index is 704. The first kappa shape index (κ1) is 17.6. The number of urea groups is 1. The van der Waals surface area contributed by atoms with Crippen molar-refractivity contribution in [2.45, 2.75) is 13.5 Å². The summed E-state index contributed by atoms with van der Waals surface area (Å²) in [5.74, 6) is 0. The van der Waals surface area contributed by atoms with Crippen LogP contribution in [0.25, 0.3) is 0 Å². The van der Waals surface area contributed by atoms with Crippen molar-refractivity contribution in [3.05, 3.63) is 59.1 Å². The van der Waals surface area contributed by atoms with Crippen LogP contribution in [0.4, 0.5) is 21.0 Å². The largest absolute Gasteiger partial charge is 0.450 e. The van der Waals surface area contributed by atoms with Crippen molar-refractivity contribution in [3.8, 4) is 0 Å². The second-order valence-electron chi connectivity index (χ2n) is 4.82. The number of amides is 3. The van der Waals surface area contributed by atoms with Gasteiger partial charge in [-0.1, -0.05) is 29.8 Å². The minimum atomic E-state index is -0.518. The van der Waals surface area contributed by atoms with Crippen LogP contribution in [0.2, 0.25) is 5.02 Å². The number of rotatable bonds is 5. The van der Waals surface area contributed by atoms with Crippen LogP contribution in [0.5, 0.6) is 0 Å². The summed E-state index contributed by atoms with van der Waals surface area (Å²) in [4.78, 5) is 23.2. The standard InChI is InChI=1S/C17H18ClN3O3/c1-2-24-17(23)21-14-9-7-13(8-10-14)20-16(22)19-11-12-5-3-4-6-15(12)18/h3-10H,2,11H2,1H3,(H,21,23)(H2,19,20,22). The molecule has 2 aromatic carbocycles. The molecule has 2 rings (SSSR count). The highest BCUT2D eigenvalue weighted by Gasteiger charge is 2.05. The monoisotopic (exact) mass is 347 g/mol. The number of hydrogen-bond donors (Lipinski definition) is 3. The smallest absolute Gasteiger partial charge is 0.411 e. The van der Waals surface area contributed by atoms with Gasteiger partial charge < -0.3 is 15.4 Å². The van der Waals surface area contributed by atoms with Crippen molar-refractivity contribution >= 4 is 35.1 Å². The molecule has 3 amide bonds. The van der Waals surface area contributed by atoms with Gasteiger partial charge in [-0.05, 0) is 42.8 Å². The molecule has 6 nitrogen and oxygen atoms in total. The van der Waals surface area contributed by atoms with Gasteiger partial charge in [-0.25, -0.2) is 9.59 Å².